The minimum atomic E-state index is 1.11. The molecule has 2 heteroatoms. The summed E-state index contributed by atoms with van der Waals surface area (Å²) in [5.74, 6) is 0. The summed E-state index contributed by atoms with van der Waals surface area (Å²) in [6.45, 7) is 21.3. The van der Waals surface area contributed by atoms with Crippen molar-refractivity contribution in [2.45, 2.75) is 80.1 Å². The lowest BCUT2D eigenvalue weighted by Crippen LogP contribution is -2.12. The zero-order chi connectivity index (χ0) is 38.2. The number of nitrogens with zero attached hydrogens (tertiary/aromatic N) is 2. The van der Waals surface area contributed by atoms with Crippen LogP contribution < -0.4 is 9.80 Å². The largest absolute Gasteiger partial charge is 0.310 e. The van der Waals surface area contributed by atoms with E-state index in [4.69, 9.17) is 0 Å². The maximum atomic E-state index is 4.02. The van der Waals surface area contributed by atoms with Crippen LogP contribution in [0.1, 0.15) is 84.0 Å². The first-order chi connectivity index (χ1) is 26.2. The van der Waals surface area contributed by atoms with Crippen LogP contribution in [0.3, 0.4) is 0 Å². The van der Waals surface area contributed by atoms with Crippen LogP contribution >= 0.6 is 0 Å². The van der Waals surface area contributed by atoms with Crippen molar-refractivity contribution in [2.75, 3.05) is 9.80 Å². The molecule has 0 atom stereocenters. The van der Waals surface area contributed by atoms with Crippen LogP contribution in [0.25, 0.3) is 23.3 Å². The van der Waals surface area contributed by atoms with Gasteiger partial charge in [0, 0.05) is 34.1 Å². The fourth-order valence-electron chi connectivity index (χ4n) is 7.47. The fourth-order valence-corrected chi connectivity index (χ4v) is 7.47. The number of anilines is 6. The Labute approximate surface area is 325 Å². The molecule has 0 aromatic heterocycles. The van der Waals surface area contributed by atoms with Crippen LogP contribution in [0, 0.1) is 27.7 Å². The van der Waals surface area contributed by atoms with E-state index in [1.165, 1.54) is 81.6 Å². The molecule has 0 N–H and O–H groups in total. The maximum Gasteiger partial charge on any atom is 0.0491 e. The number of rotatable bonds is 15. The van der Waals surface area contributed by atoms with Crippen LogP contribution in [-0.2, 0) is 12.8 Å². The summed E-state index contributed by atoms with van der Waals surface area (Å²) in [5.41, 5.74) is 19.3. The summed E-state index contributed by atoms with van der Waals surface area (Å²) in [6.07, 6.45) is 10.9. The van der Waals surface area contributed by atoms with E-state index in [2.05, 4.69) is 186 Å². The van der Waals surface area contributed by atoms with Crippen molar-refractivity contribution in [3.05, 3.63) is 179 Å². The van der Waals surface area contributed by atoms with Crippen molar-refractivity contribution in [3.63, 3.8) is 0 Å². The molecule has 0 radical (unpaired) electrons. The van der Waals surface area contributed by atoms with Gasteiger partial charge in [-0.15, -0.1) is 0 Å². The van der Waals surface area contributed by atoms with E-state index in [1.54, 1.807) is 0 Å². The first kappa shape index (κ1) is 38.1. The molecule has 6 rings (SSSR count). The van der Waals surface area contributed by atoms with Gasteiger partial charge in [-0.1, -0.05) is 101 Å². The van der Waals surface area contributed by atoms with Gasteiger partial charge in [0.25, 0.3) is 0 Å². The summed E-state index contributed by atoms with van der Waals surface area (Å²) in [7, 11) is 0. The van der Waals surface area contributed by atoms with Crippen LogP contribution in [0.4, 0.5) is 34.1 Å². The highest BCUT2D eigenvalue weighted by atomic mass is 15.1. The molecule has 0 heterocycles. The summed E-state index contributed by atoms with van der Waals surface area (Å²) in [6, 6.07) is 45.3. The van der Waals surface area contributed by atoms with Gasteiger partial charge in [-0.05, 0) is 182 Å². The third kappa shape index (κ3) is 8.45. The molecule has 0 bridgehead atoms. The molecule has 0 fully saturated rings. The number of aryl methyl sites for hydroxylation is 6. The molecule has 2 nitrogen and oxygen atoms in total. The molecule has 0 saturated carbocycles. The minimum absolute atomic E-state index is 1.11. The van der Waals surface area contributed by atoms with Gasteiger partial charge in [0.1, 0.15) is 0 Å². The van der Waals surface area contributed by atoms with Crippen molar-refractivity contribution >= 4 is 46.3 Å². The quantitative estimate of drug-likeness (QED) is 0.105. The lowest BCUT2D eigenvalue weighted by atomic mass is 9.98. The molecular formula is C52H56N2. The second-order valence-electron chi connectivity index (χ2n) is 14.7. The van der Waals surface area contributed by atoms with Crippen molar-refractivity contribution < 1.29 is 0 Å². The molecular weight excluding hydrogens is 653 g/mol. The third-order valence-electron chi connectivity index (χ3n) is 10.7. The summed E-state index contributed by atoms with van der Waals surface area (Å²) >= 11 is 0. The Balaban J connectivity index is 1.37. The lowest BCUT2D eigenvalue weighted by molar-refractivity contribution is 0.795. The molecule has 274 valence electrons. The van der Waals surface area contributed by atoms with Gasteiger partial charge >= 0.3 is 0 Å². The molecule has 0 spiro atoms. The molecule has 54 heavy (non-hydrogen) atoms. The van der Waals surface area contributed by atoms with E-state index >= 15 is 0 Å². The summed E-state index contributed by atoms with van der Waals surface area (Å²) in [5, 5.41) is 0. The molecule has 0 aliphatic carbocycles. The zero-order valence-electron chi connectivity index (χ0n) is 33.3. The second-order valence-corrected chi connectivity index (χ2v) is 14.7. The van der Waals surface area contributed by atoms with Gasteiger partial charge in [0.05, 0.1) is 0 Å². The van der Waals surface area contributed by atoms with Gasteiger partial charge in [-0.2, -0.15) is 0 Å². The minimum Gasteiger partial charge on any atom is -0.310 e. The SMILES string of the molecule is C=Cc1ccc(N(c2ccc(CCCC)cc2)c2ccc(-c3ccc(N(c4ccc(CCCC)cc4)c4ccc(C=C)c(C)c4)c(C)c3)cc2C)cc1C. The fraction of sp³-hybridized carbons (Fsp3) is 0.231. The van der Waals surface area contributed by atoms with Gasteiger partial charge in [-0.3, -0.25) is 0 Å². The van der Waals surface area contributed by atoms with E-state index in [0.29, 0.717) is 0 Å². The Kier molecular flexibility index (Phi) is 12.3. The highest BCUT2D eigenvalue weighted by Gasteiger charge is 2.19. The molecule has 0 saturated heterocycles. The van der Waals surface area contributed by atoms with Gasteiger partial charge in [0.2, 0.25) is 0 Å². The van der Waals surface area contributed by atoms with E-state index in [0.717, 1.165) is 46.7 Å². The van der Waals surface area contributed by atoms with Gasteiger partial charge < -0.3 is 9.80 Å². The summed E-state index contributed by atoms with van der Waals surface area (Å²) in [4.78, 5) is 4.78. The van der Waals surface area contributed by atoms with Crippen LogP contribution in [0.5, 0.6) is 0 Å². The number of benzene rings is 6. The Morgan fingerprint density at radius 2 is 0.796 bits per heavy atom. The lowest BCUT2D eigenvalue weighted by Gasteiger charge is -2.29. The van der Waals surface area contributed by atoms with Gasteiger partial charge in [-0.25, -0.2) is 0 Å². The van der Waals surface area contributed by atoms with Crippen LogP contribution in [0.2, 0.25) is 0 Å². The van der Waals surface area contributed by atoms with E-state index in [-0.39, 0.29) is 0 Å². The Morgan fingerprint density at radius 3 is 1.11 bits per heavy atom. The highest BCUT2D eigenvalue weighted by Crippen LogP contribution is 2.41. The Morgan fingerprint density at radius 1 is 0.426 bits per heavy atom. The standard InChI is InChI=1S/C52H56N2/c1-9-13-15-41-17-25-47(26-18-41)53(49-29-21-43(11-3)37(5)35-49)51-31-23-45(33-39(51)7)46-24-32-52(40(8)34-46)54(50-30-22-44(12-4)38(6)36-50)48-27-19-42(20-28-48)16-14-10-2/h11-12,17-36H,3-4,9-10,13-16H2,1-2,5-8H3. The van der Waals surface area contributed by atoms with Crippen LogP contribution in [0.15, 0.2) is 134 Å². The first-order valence-corrected chi connectivity index (χ1v) is 19.7. The van der Waals surface area contributed by atoms with E-state index in [9.17, 15) is 0 Å². The average Bonchev–Trinajstić information content (AvgIpc) is 3.18. The number of unbranched alkanes of at least 4 members (excludes halogenated alkanes) is 2. The van der Waals surface area contributed by atoms with Crippen molar-refractivity contribution in [1.82, 2.24) is 0 Å². The monoisotopic (exact) mass is 708 g/mol. The van der Waals surface area contributed by atoms with Crippen molar-refractivity contribution in [1.29, 1.82) is 0 Å². The van der Waals surface area contributed by atoms with Gasteiger partial charge in [0.15, 0.2) is 0 Å². The van der Waals surface area contributed by atoms with E-state index in [1.807, 2.05) is 12.2 Å². The molecule has 6 aromatic carbocycles. The Bertz CT molecular complexity index is 2060. The predicted octanol–water partition coefficient (Wildman–Crippen LogP) is 15.5. The van der Waals surface area contributed by atoms with Crippen molar-refractivity contribution in [2.24, 2.45) is 0 Å². The number of hydrogen-bond donors (Lipinski definition) is 0. The molecule has 0 aliphatic rings. The van der Waals surface area contributed by atoms with E-state index < -0.39 is 0 Å². The second kappa shape index (κ2) is 17.5. The Hall–Kier alpha value is -5.60. The normalized spacial score (nSPS) is 11.0. The summed E-state index contributed by atoms with van der Waals surface area (Å²) < 4.78 is 0. The number of hydrogen-bond acceptors (Lipinski definition) is 2. The third-order valence-corrected chi connectivity index (χ3v) is 10.7. The first-order valence-electron chi connectivity index (χ1n) is 19.7. The van der Waals surface area contributed by atoms with Crippen molar-refractivity contribution in [3.8, 4) is 11.1 Å². The topological polar surface area (TPSA) is 6.48 Å². The zero-order valence-corrected chi connectivity index (χ0v) is 33.3. The highest BCUT2D eigenvalue weighted by molar-refractivity contribution is 5.84. The maximum absolute atomic E-state index is 4.02. The molecule has 0 aliphatic heterocycles. The smallest absolute Gasteiger partial charge is 0.0491 e. The molecule has 6 aromatic rings. The molecule has 0 amide bonds. The predicted molar refractivity (Wildman–Crippen MR) is 238 cm³/mol. The van der Waals surface area contributed by atoms with Crippen LogP contribution in [-0.4, -0.2) is 0 Å². The average molecular weight is 709 g/mol. The molecule has 0 unspecified atom stereocenters.